The van der Waals surface area contributed by atoms with Crippen LogP contribution < -0.4 is 16.4 Å². The van der Waals surface area contributed by atoms with Gasteiger partial charge < -0.3 is 21.5 Å². The predicted octanol–water partition coefficient (Wildman–Crippen LogP) is -0.287. The second kappa shape index (κ2) is 6.01. The molecule has 9 heteroatoms. The van der Waals surface area contributed by atoms with E-state index in [1.165, 1.54) is 13.3 Å². The molecule has 0 radical (unpaired) electrons. The summed E-state index contributed by atoms with van der Waals surface area (Å²) in [5.74, 6) is -1.40. The average molecular weight is 274 g/mol. The molecule has 0 aromatic carbocycles. The summed E-state index contributed by atoms with van der Waals surface area (Å²) in [6.45, 7) is 1.15. The van der Waals surface area contributed by atoms with Gasteiger partial charge in [-0.1, -0.05) is 11.6 Å². The predicted molar refractivity (Wildman–Crippen MR) is 65.2 cm³/mol. The molecule has 1 aromatic rings. The number of rotatable bonds is 5. The zero-order chi connectivity index (χ0) is 13.7. The van der Waals surface area contributed by atoms with E-state index in [-0.39, 0.29) is 23.2 Å². The maximum atomic E-state index is 10.9. The Hall–Kier alpha value is -2.09. The highest BCUT2D eigenvalue weighted by atomic mass is 35.5. The van der Waals surface area contributed by atoms with Crippen molar-refractivity contribution in [3.8, 4) is 0 Å². The Bertz CT molecular complexity index is 468. The third-order valence-corrected chi connectivity index (χ3v) is 2.29. The van der Waals surface area contributed by atoms with Crippen LogP contribution in [0.4, 0.5) is 11.5 Å². The first kappa shape index (κ1) is 14.0. The monoisotopic (exact) mass is 273 g/mol. The summed E-state index contributed by atoms with van der Waals surface area (Å²) in [6.07, 6.45) is 1.19. The summed E-state index contributed by atoms with van der Waals surface area (Å²) in [5.41, 5.74) is 5.71. The number of carboxylic acids is 1. The van der Waals surface area contributed by atoms with Gasteiger partial charge in [0.25, 0.3) is 0 Å². The van der Waals surface area contributed by atoms with Gasteiger partial charge in [-0.05, 0) is 0 Å². The normalized spacial score (nSPS) is 11.7. The summed E-state index contributed by atoms with van der Waals surface area (Å²) in [7, 11) is 0. The number of hydrogen-bond donors (Lipinski definition) is 4. The van der Waals surface area contributed by atoms with Crippen LogP contribution in [-0.4, -0.2) is 39.5 Å². The van der Waals surface area contributed by atoms with Gasteiger partial charge in [0.1, 0.15) is 18.1 Å². The Labute approximate surface area is 108 Å². The van der Waals surface area contributed by atoms with Crippen molar-refractivity contribution in [3.63, 3.8) is 0 Å². The van der Waals surface area contributed by atoms with E-state index in [9.17, 15) is 9.59 Å². The molecular formula is C9H12ClN5O3. The molecule has 1 unspecified atom stereocenters. The van der Waals surface area contributed by atoms with Gasteiger partial charge >= 0.3 is 5.97 Å². The molecule has 8 nitrogen and oxygen atoms in total. The van der Waals surface area contributed by atoms with E-state index in [4.69, 9.17) is 22.4 Å². The van der Waals surface area contributed by atoms with Gasteiger partial charge in [0, 0.05) is 13.5 Å². The van der Waals surface area contributed by atoms with E-state index in [1.807, 2.05) is 0 Å². The summed E-state index contributed by atoms with van der Waals surface area (Å²) in [5, 5.41) is 13.9. The van der Waals surface area contributed by atoms with Gasteiger partial charge in [-0.25, -0.2) is 14.8 Å². The fourth-order valence-electron chi connectivity index (χ4n) is 1.16. The molecular weight excluding hydrogens is 262 g/mol. The van der Waals surface area contributed by atoms with Crippen LogP contribution in [0.5, 0.6) is 0 Å². The number of anilines is 2. The van der Waals surface area contributed by atoms with Crippen molar-refractivity contribution in [2.75, 3.05) is 17.6 Å². The number of nitrogens with zero attached hydrogens (tertiary/aromatic N) is 2. The van der Waals surface area contributed by atoms with Crippen LogP contribution in [0.2, 0.25) is 5.15 Å². The van der Waals surface area contributed by atoms with E-state index in [1.54, 1.807) is 0 Å². The van der Waals surface area contributed by atoms with Crippen molar-refractivity contribution in [3.05, 3.63) is 11.5 Å². The molecule has 0 aliphatic carbocycles. The Morgan fingerprint density at radius 2 is 2.22 bits per heavy atom. The number of aromatic nitrogens is 2. The molecule has 0 bridgehead atoms. The van der Waals surface area contributed by atoms with Crippen molar-refractivity contribution < 1.29 is 14.7 Å². The maximum Gasteiger partial charge on any atom is 0.328 e. The lowest BCUT2D eigenvalue weighted by Crippen LogP contribution is -2.44. The number of nitrogens with one attached hydrogen (secondary N) is 2. The lowest BCUT2D eigenvalue weighted by atomic mass is 10.3. The third-order valence-electron chi connectivity index (χ3n) is 1.98. The van der Waals surface area contributed by atoms with Gasteiger partial charge in [0.15, 0.2) is 11.0 Å². The first-order chi connectivity index (χ1) is 8.41. The average Bonchev–Trinajstić information content (AvgIpc) is 2.28. The van der Waals surface area contributed by atoms with Gasteiger partial charge in [0.2, 0.25) is 5.91 Å². The van der Waals surface area contributed by atoms with Crippen molar-refractivity contribution in [1.82, 2.24) is 15.3 Å². The van der Waals surface area contributed by atoms with E-state index in [0.717, 1.165) is 0 Å². The highest BCUT2D eigenvalue weighted by Crippen LogP contribution is 2.21. The number of halogens is 1. The van der Waals surface area contributed by atoms with Crippen molar-refractivity contribution in [1.29, 1.82) is 0 Å². The number of carbonyl (C=O) groups is 2. The zero-order valence-electron chi connectivity index (χ0n) is 9.48. The van der Waals surface area contributed by atoms with Crippen LogP contribution in [0.1, 0.15) is 6.92 Å². The summed E-state index contributed by atoms with van der Waals surface area (Å²) >= 11 is 5.67. The van der Waals surface area contributed by atoms with E-state index in [2.05, 4.69) is 20.6 Å². The molecule has 1 atom stereocenters. The number of nitrogen functional groups attached to an aromatic ring is 1. The Morgan fingerprint density at radius 1 is 1.56 bits per heavy atom. The quantitative estimate of drug-likeness (QED) is 0.542. The van der Waals surface area contributed by atoms with Gasteiger partial charge in [-0.3, -0.25) is 4.79 Å². The molecule has 0 spiro atoms. The van der Waals surface area contributed by atoms with Crippen LogP contribution in [0, 0.1) is 0 Å². The SMILES string of the molecule is CC(=O)NC(CNc1ncnc(Cl)c1N)C(=O)O. The number of hydrogen-bond acceptors (Lipinski definition) is 6. The highest BCUT2D eigenvalue weighted by Gasteiger charge is 2.18. The van der Waals surface area contributed by atoms with Crippen LogP contribution >= 0.6 is 11.6 Å². The number of amides is 1. The molecule has 0 aliphatic heterocycles. The molecule has 5 N–H and O–H groups in total. The highest BCUT2D eigenvalue weighted by molar-refractivity contribution is 6.32. The minimum absolute atomic E-state index is 0.0684. The lowest BCUT2D eigenvalue weighted by Gasteiger charge is -2.15. The molecule has 1 rings (SSSR count). The molecule has 0 saturated heterocycles. The van der Waals surface area contributed by atoms with Crippen LogP contribution in [-0.2, 0) is 9.59 Å². The van der Waals surface area contributed by atoms with Gasteiger partial charge in [-0.2, -0.15) is 0 Å². The topological polar surface area (TPSA) is 130 Å². The summed E-state index contributed by atoms with van der Waals surface area (Å²) in [4.78, 5) is 29.1. The second-order valence-corrected chi connectivity index (χ2v) is 3.76. The van der Waals surface area contributed by atoms with E-state index < -0.39 is 17.9 Å². The lowest BCUT2D eigenvalue weighted by molar-refractivity contribution is -0.141. The van der Waals surface area contributed by atoms with Gasteiger partial charge in [-0.15, -0.1) is 0 Å². The fourth-order valence-corrected chi connectivity index (χ4v) is 1.29. The van der Waals surface area contributed by atoms with Crippen molar-refractivity contribution in [2.24, 2.45) is 0 Å². The number of carboxylic acid groups (broad SMARTS) is 1. The molecule has 0 aliphatic rings. The maximum absolute atomic E-state index is 10.9. The second-order valence-electron chi connectivity index (χ2n) is 3.40. The van der Waals surface area contributed by atoms with Gasteiger partial charge in [0.05, 0.1) is 0 Å². The number of carbonyl (C=O) groups excluding carboxylic acids is 1. The number of nitrogens with two attached hydrogens (primary N) is 1. The summed E-state index contributed by atoms with van der Waals surface area (Å²) in [6, 6.07) is -1.09. The Balaban J connectivity index is 2.70. The molecule has 1 heterocycles. The zero-order valence-corrected chi connectivity index (χ0v) is 10.2. The Morgan fingerprint density at radius 3 is 2.78 bits per heavy atom. The molecule has 98 valence electrons. The molecule has 0 fully saturated rings. The molecule has 1 amide bonds. The van der Waals surface area contributed by atoms with Crippen molar-refractivity contribution in [2.45, 2.75) is 13.0 Å². The van der Waals surface area contributed by atoms with E-state index >= 15 is 0 Å². The fraction of sp³-hybridized carbons (Fsp3) is 0.333. The largest absolute Gasteiger partial charge is 0.480 e. The van der Waals surface area contributed by atoms with E-state index in [0.29, 0.717) is 0 Å². The smallest absolute Gasteiger partial charge is 0.328 e. The standard InChI is InChI=1S/C9H12ClN5O3/c1-4(16)15-5(9(17)18)2-12-8-6(11)7(10)13-3-14-8/h3,5H,2,11H2,1H3,(H,15,16)(H,17,18)(H,12,13,14). The third kappa shape index (κ3) is 3.74. The summed E-state index contributed by atoms with van der Waals surface area (Å²) < 4.78 is 0. The van der Waals surface area contributed by atoms with Crippen molar-refractivity contribution >= 4 is 35.0 Å². The first-order valence-corrected chi connectivity index (χ1v) is 5.29. The minimum Gasteiger partial charge on any atom is -0.480 e. The van der Waals surface area contributed by atoms with Crippen LogP contribution in [0.25, 0.3) is 0 Å². The first-order valence-electron chi connectivity index (χ1n) is 4.91. The minimum atomic E-state index is -1.17. The van der Waals surface area contributed by atoms with Crippen LogP contribution in [0.15, 0.2) is 6.33 Å². The molecule has 0 saturated carbocycles. The number of aliphatic carboxylic acids is 1. The molecule has 18 heavy (non-hydrogen) atoms. The van der Waals surface area contributed by atoms with Crippen LogP contribution in [0.3, 0.4) is 0 Å². The Kier molecular flexibility index (Phi) is 4.67. The molecule has 1 aromatic heterocycles.